The number of amides is 1. The quantitative estimate of drug-likeness (QED) is 0.889. The van der Waals surface area contributed by atoms with Gasteiger partial charge in [0.15, 0.2) is 5.69 Å². The SMILES string of the molecule is C[C@@H]1Cc2c(C(=O)N(C)C3CCN(c4cnccn4)CC3)n[nH]c2[C@H](C)O1. The summed E-state index contributed by atoms with van der Waals surface area (Å²) in [6, 6.07) is 0.201. The van der Waals surface area contributed by atoms with Gasteiger partial charge >= 0.3 is 0 Å². The number of carbonyl (C=O) groups excluding carboxylic acids is 1. The molecule has 8 heteroatoms. The van der Waals surface area contributed by atoms with Crippen LogP contribution < -0.4 is 4.90 Å². The van der Waals surface area contributed by atoms with Gasteiger partial charge in [0, 0.05) is 50.6 Å². The van der Waals surface area contributed by atoms with Crippen molar-refractivity contribution < 1.29 is 9.53 Å². The van der Waals surface area contributed by atoms with E-state index in [2.05, 4.69) is 25.1 Å². The maximum atomic E-state index is 13.1. The molecule has 8 nitrogen and oxygen atoms in total. The van der Waals surface area contributed by atoms with Crippen LogP contribution >= 0.6 is 0 Å². The third-order valence-corrected chi connectivity index (χ3v) is 5.64. The summed E-state index contributed by atoms with van der Waals surface area (Å²) in [7, 11) is 1.89. The number of nitrogens with zero attached hydrogens (tertiary/aromatic N) is 5. The Morgan fingerprint density at radius 2 is 2.07 bits per heavy atom. The molecule has 4 rings (SSSR count). The van der Waals surface area contributed by atoms with E-state index < -0.39 is 0 Å². The van der Waals surface area contributed by atoms with E-state index in [0.717, 1.165) is 49.4 Å². The number of H-pyrrole nitrogens is 1. The summed E-state index contributed by atoms with van der Waals surface area (Å²) >= 11 is 0. The third kappa shape index (κ3) is 3.41. The van der Waals surface area contributed by atoms with Gasteiger partial charge in [-0.05, 0) is 26.7 Å². The average molecular weight is 370 g/mol. The normalized spacial score (nSPS) is 23.1. The average Bonchev–Trinajstić information content (AvgIpc) is 3.12. The first-order valence-corrected chi connectivity index (χ1v) is 9.55. The van der Waals surface area contributed by atoms with E-state index in [1.165, 1.54) is 0 Å². The zero-order valence-corrected chi connectivity index (χ0v) is 16.1. The fraction of sp³-hybridized carbons (Fsp3) is 0.579. The highest BCUT2D eigenvalue weighted by Gasteiger charge is 2.33. The lowest BCUT2D eigenvalue weighted by Gasteiger charge is -2.37. The van der Waals surface area contributed by atoms with Crippen molar-refractivity contribution in [2.24, 2.45) is 0 Å². The molecule has 1 saturated heterocycles. The van der Waals surface area contributed by atoms with Crippen LogP contribution in [0.1, 0.15) is 54.5 Å². The molecule has 2 aliphatic heterocycles. The van der Waals surface area contributed by atoms with Crippen molar-refractivity contribution in [1.29, 1.82) is 0 Å². The second kappa shape index (κ2) is 7.26. The van der Waals surface area contributed by atoms with Crippen LogP contribution in [-0.4, -0.2) is 63.3 Å². The fourth-order valence-corrected chi connectivity index (χ4v) is 4.12. The van der Waals surface area contributed by atoms with Crippen LogP contribution in [-0.2, 0) is 11.2 Å². The van der Waals surface area contributed by atoms with E-state index in [9.17, 15) is 4.79 Å². The van der Waals surface area contributed by atoms with Gasteiger partial charge < -0.3 is 14.5 Å². The topological polar surface area (TPSA) is 87.2 Å². The van der Waals surface area contributed by atoms with Crippen molar-refractivity contribution >= 4 is 11.7 Å². The van der Waals surface area contributed by atoms with Crippen molar-refractivity contribution in [2.75, 3.05) is 25.0 Å². The van der Waals surface area contributed by atoms with Gasteiger partial charge in [0.25, 0.3) is 5.91 Å². The summed E-state index contributed by atoms with van der Waals surface area (Å²) in [5.74, 6) is 0.890. The van der Waals surface area contributed by atoms with Gasteiger partial charge in [-0.2, -0.15) is 5.10 Å². The molecule has 2 atom stereocenters. The van der Waals surface area contributed by atoms with Gasteiger partial charge in [-0.3, -0.25) is 14.9 Å². The predicted octanol–water partition coefficient (Wildman–Crippen LogP) is 1.96. The van der Waals surface area contributed by atoms with E-state index in [1.54, 1.807) is 18.6 Å². The van der Waals surface area contributed by atoms with Crippen molar-refractivity contribution in [3.63, 3.8) is 0 Å². The van der Waals surface area contributed by atoms with Crippen LogP contribution in [0.15, 0.2) is 18.6 Å². The molecule has 0 unspecified atom stereocenters. The lowest BCUT2D eigenvalue weighted by atomic mass is 9.98. The second-order valence-electron chi connectivity index (χ2n) is 7.46. The van der Waals surface area contributed by atoms with E-state index in [-0.39, 0.29) is 24.2 Å². The Balaban J connectivity index is 1.44. The van der Waals surface area contributed by atoms with E-state index in [0.29, 0.717) is 5.69 Å². The molecule has 2 aromatic rings. The number of nitrogens with one attached hydrogen (secondary N) is 1. The molecule has 1 N–H and O–H groups in total. The summed E-state index contributed by atoms with van der Waals surface area (Å²) < 4.78 is 5.82. The first-order chi connectivity index (χ1) is 13.0. The van der Waals surface area contributed by atoms with Gasteiger partial charge in [-0.25, -0.2) is 4.98 Å². The predicted molar refractivity (Wildman–Crippen MR) is 101 cm³/mol. The maximum absolute atomic E-state index is 13.1. The van der Waals surface area contributed by atoms with Crippen molar-refractivity contribution in [1.82, 2.24) is 25.1 Å². The lowest BCUT2D eigenvalue weighted by molar-refractivity contribution is -0.00703. The molecule has 2 aromatic heterocycles. The minimum absolute atomic E-state index is 0.00764. The smallest absolute Gasteiger partial charge is 0.274 e. The molecule has 0 aliphatic carbocycles. The van der Waals surface area contributed by atoms with Crippen LogP contribution in [0.25, 0.3) is 0 Å². The Morgan fingerprint density at radius 1 is 1.30 bits per heavy atom. The van der Waals surface area contributed by atoms with Crippen LogP contribution in [0.5, 0.6) is 0 Å². The Hall–Kier alpha value is -2.48. The van der Waals surface area contributed by atoms with Crippen molar-refractivity contribution in [3.05, 3.63) is 35.5 Å². The van der Waals surface area contributed by atoms with Crippen LogP contribution in [0.4, 0.5) is 5.82 Å². The molecule has 27 heavy (non-hydrogen) atoms. The van der Waals surface area contributed by atoms with E-state index in [4.69, 9.17) is 4.74 Å². The molecule has 0 saturated carbocycles. The number of rotatable bonds is 3. The molecule has 0 aromatic carbocycles. The highest BCUT2D eigenvalue weighted by atomic mass is 16.5. The van der Waals surface area contributed by atoms with Crippen LogP contribution in [0.3, 0.4) is 0 Å². The number of aromatic amines is 1. The number of hydrogen-bond acceptors (Lipinski definition) is 6. The Bertz CT molecular complexity index is 800. The molecule has 2 aliphatic rings. The Morgan fingerprint density at radius 3 is 2.78 bits per heavy atom. The van der Waals surface area contributed by atoms with E-state index >= 15 is 0 Å². The Kier molecular flexibility index (Phi) is 4.82. The number of piperidine rings is 1. The molecular formula is C19H26N6O2. The van der Waals surface area contributed by atoms with Crippen LogP contribution in [0, 0.1) is 0 Å². The number of carbonyl (C=O) groups is 1. The van der Waals surface area contributed by atoms with Gasteiger partial charge in [-0.1, -0.05) is 0 Å². The number of hydrogen-bond donors (Lipinski definition) is 1. The monoisotopic (exact) mass is 370 g/mol. The Labute approximate surface area is 158 Å². The summed E-state index contributed by atoms with van der Waals surface area (Å²) in [5.41, 5.74) is 2.49. The standard InChI is InChI=1S/C19H26N6O2/c1-12-10-15-17(13(2)27-12)22-23-18(15)19(26)24(3)14-4-8-25(9-5-14)16-11-20-6-7-21-16/h6-7,11-14H,4-5,8-10H2,1-3H3,(H,22,23)/t12-,13+/m1/s1. The zero-order chi connectivity index (χ0) is 19.0. The summed E-state index contributed by atoms with van der Waals surface area (Å²) in [6.07, 6.45) is 7.74. The first-order valence-electron chi connectivity index (χ1n) is 9.55. The van der Waals surface area contributed by atoms with Crippen LogP contribution in [0.2, 0.25) is 0 Å². The first kappa shape index (κ1) is 17.9. The zero-order valence-electron chi connectivity index (χ0n) is 16.1. The molecule has 1 fully saturated rings. The second-order valence-corrected chi connectivity index (χ2v) is 7.46. The minimum Gasteiger partial charge on any atom is -0.369 e. The van der Waals surface area contributed by atoms with Gasteiger partial charge in [-0.15, -0.1) is 0 Å². The molecule has 1 amide bonds. The maximum Gasteiger partial charge on any atom is 0.274 e. The molecule has 0 spiro atoms. The molecule has 0 radical (unpaired) electrons. The highest BCUT2D eigenvalue weighted by Crippen LogP contribution is 2.31. The third-order valence-electron chi connectivity index (χ3n) is 5.64. The highest BCUT2D eigenvalue weighted by molar-refractivity contribution is 5.94. The molecular weight excluding hydrogens is 344 g/mol. The summed E-state index contributed by atoms with van der Waals surface area (Å²) in [6.45, 7) is 5.75. The van der Waals surface area contributed by atoms with Gasteiger partial charge in [0.05, 0.1) is 24.1 Å². The minimum atomic E-state index is -0.0571. The number of fused-ring (bicyclic) bond motifs is 1. The molecule has 144 valence electrons. The largest absolute Gasteiger partial charge is 0.369 e. The van der Waals surface area contributed by atoms with Crippen molar-refractivity contribution in [2.45, 2.75) is 51.4 Å². The van der Waals surface area contributed by atoms with Gasteiger partial charge in [0.1, 0.15) is 5.82 Å². The summed E-state index contributed by atoms with van der Waals surface area (Å²) in [5, 5.41) is 7.35. The lowest BCUT2D eigenvalue weighted by Crippen LogP contribution is -2.46. The van der Waals surface area contributed by atoms with E-state index in [1.807, 2.05) is 25.8 Å². The fourth-order valence-electron chi connectivity index (χ4n) is 4.12. The summed E-state index contributed by atoms with van der Waals surface area (Å²) in [4.78, 5) is 25.7. The number of anilines is 1. The molecule has 4 heterocycles. The number of ether oxygens (including phenoxy) is 1. The molecule has 0 bridgehead atoms. The number of aromatic nitrogens is 4. The van der Waals surface area contributed by atoms with Gasteiger partial charge in [0.2, 0.25) is 0 Å². The van der Waals surface area contributed by atoms with Crippen molar-refractivity contribution in [3.8, 4) is 0 Å².